The molecule has 5 amide bonds. The number of β-amino-alcohol motifs (C(OH)–C–C–N with tert-alkyl or cyclic N) is 1. The van der Waals surface area contributed by atoms with Crippen molar-refractivity contribution < 1.29 is 51.5 Å². The van der Waals surface area contributed by atoms with E-state index in [2.05, 4.69) is 37.0 Å². The third kappa shape index (κ3) is 16.4. The second-order valence-corrected chi connectivity index (χ2v) is 22.1. The SMILES string of the molecule is Cc1ncsc1-c1ccc([C@H](CC(=O)NCCCCCCCCCNCCCONC(=O)c2ccc(F)c(F)c2Nc2ccc(I)cc2F)NC(=O)[C@@H]2C[C@@H](O)CN2C(=O)C(NC(=O)C2(F)CC2)C(C)(C)C)cc1. The standard InChI is InChI=1S/C53H67F4IN8O7S/c1-32-46(74-31-61-32)34-15-13-33(14-16-34)41(63-49(70)42-28-36(67)30-66(42)50(71)47(52(2,3)4)64-51(72)53(57)21-22-53)29-43(68)60-25-11-9-7-5-6-8-10-23-59-24-12-26-73-65-48(69)37-18-19-38(54)44(56)45(37)62-40-20-17-35(58)27-39(40)55/h13-20,27,31,36,41-42,47,59,62,67H,5-12,21-26,28-30H2,1-4H3,(H,60,68)(H,63,70)(H,64,72)(H,65,69)/t36-,41+,42+,47?/m1/s1. The Bertz CT molecular complexity index is 2580. The van der Waals surface area contributed by atoms with E-state index >= 15 is 0 Å². The first-order valence-corrected chi connectivity index (χ1v) is 27.1. The fourth-order valence-electron chi connectivity index (χ4n) is 8.58. The van der Waals surface area contributed by atoms with Crippen LogP contribution < -0.4 is 32.1 Å². The molecule has 6 rings (SSSR count). The molecule has 2 heterocycles. The number of carbonyl (C=O) groups is 5. The fraction of sp³-hybridized carbons (Fsp3) is 0.509. The van der Waals surface area contributed by atoms with E-state index in [1.807, 2.05) is 53.8 Å². The van der Waals surface area contributed by atoms with Crippen LogP contribution in [-0.4, -0.2) is 101 Å². The first-order valence-electron chi connectivity index (χ1n) is 25.1. The van der Waals surface area contributed by atoms with Gasteiger partial charge in [0.2, 0.25) is 17.7 Å². The number of hydroxylamine groups is 1. The lowest BCUT2D eigenvalue weighted by Gasteiger charge is -2.36. The van der Waals surface area contributed by atoms with E-state index in [-0.39, 0.29) is 56.0 Å². The maximum Gasteiger partial charge on any atom is 0.277 e. The van der Waals surface area contributed by atoms with Crippen LogP contribution in [0.1, 0.15) is 125 Å². The van der Waals surface area contributed by atoms with Gasteiger partial charge in [0, 0.05) is 23.1 Å². The fourth-order valence-corrected chi connectivity index (χ4v) is 9.85. The second-order valence-electron chi connectivity index (χ2n) is 20.0. The number of rotatable bonds is 27. The molecule has 0 spiro atoms. The van der Waals surface area contributed by atoms with Gasteiger partial charge in [-0.3, -0.25) is 28.8 Å². The number of anilines is 2. The third-order valence-corrected chi connectivity index (χ3v) is 14.7. The number of benzene rings is 3. The van der Waals surface area contributed by atoms with Crippen molar-refractivity contribution in [2.45, 2.75) is 135 Å². The van der Waals surface area contributed by atoms with Crippen LogP contribution in [0.5, 0.6) is 0 Å². The Hall–Kier alpha value is -5.23. The summed E-state index contributed by atoms with van der Waals surface area (Å²) >= 11 is 3.42. The quantitative estimate of drug-likeness (QED) is 0.0131. The molecule has 1 aliphatic heterocycles. The van der Waals surface area contributed by atoms with Crippen LogP contribution in [0.3, 0.4) is 0 Å². The summed E-state index contributed by atoms with van der Waals surface area (Å²) in [7, 11) is 0. The van der Waals surface area contributed by atoms with Crippen molar-refractivity contribution in [1.29, 1.82) is 0 Å². The molecule has 2 fully saturated rings. The molecule has 4 aromatic rings. The first-order chi connectivity index (χ1) is 35.2. The monoisotopic (exact) mass is 1160 g/mol. The average molecular weight is 1160 g/mol. The first kappa shape index (κ1) is 58.0. The summed E-state index contributed by atoms with van der Waals surface area (Å²) in [6.07, 6.45) is 6.36. The lowest BCUT2D eigenvalue weighted by atomic mass is 9.85. The number of nitrogens with one attached hydrogen (secondary N) is 6. The van der Waals surface area contributed by atoms with E-state index in [1.165, 1.54) is 28.4 Å². The van der Waals surface area contributed by atoms with Crippen LogP contribution in [0, 0.1) is 33.4 Å². The Kier molecular flexibility index (Phi) is 21.2. The molecule has 1 saturated carbocycles. The number of thiazole rings is 1. The van der Waals surface area contributed by atoms with Gasteiger partial charge in [-0.2, -0.15) is 0 Å². The molecule has 1 saturated heterocycles. The molecule has 1 aromatic heterocycles. The molecule has 74 heavy (non-hydrogen) atoms. The van der Waals surface area contributed by atoms with Crippen molar-refractivity contribution in [1.82, 2.24) is 36.6 Å². The topological polar surface area (TPSA) is 203 Å². The number of hydrogen-bond donors (Lipinski definition) is 7. The van der Waals surface area contributed by atoms with Gasteiger partial charge >= 0.3 is 0 Å². The van der Waals surface area contributed by atoms with Gasteiger partial charge in [0.25, 0.3) is 11.8 Å². The number of aliphatic hydroxyl groups is 1. The number of amides is 5. The zero-order valence-electron chi connectivity index (χ0n) is 42.2. The van der Waals surface area contributed by atoms with Crippen molar-refractivity contribution in [3.05, 3.63) is 98.0 Å². The van der Waals surface area contributed by atoms with E-state index in [9.17, 15) is 46.6 Å². The number of carbonyl (C=O) groups excluding carboxylic acids is 5. The number of unbranched alkanes of at least 4 members (excludes halogenated alkanes) is 6. The van der Waals surface area contributed by atoms with Gasteiger partial charge in [-0.25, -0.2) is 28.0 Å². The number of hydrogen-bond acceptors (Lipinski definition) is 11. The highest BCUT2D eigenvalue weighted by molar-refractivity contribution is 14.1. The van der Waals surface area contributed by atoms with Crippen molar-refractivity contribution in [2.24, 2.45) is 5.41 Å². The maximum absolute atomic E-state index is 14.7. The highest BCUT2D eigenvalue weighted by Crippen LogP contribution is 2.41. The molecule has 402 valence electrons. The van der Waals surface area contributed by atoms with Gasteiger partial charge in [-0.05, 0) is 122 Å². The minimum atomic E-state index is -2.01. The zero-order valence-corrected chi connectivity index (χ0v) is 45.2. The summed E-state index contributed by atoms with van der Waals surface area (Å²) in [5.41, 5.74) is 2.77. The predicted molar refractivity (Wildman–Crippen MR) is 283 cm³/mol. The number of aliphatic hydroxyl groups excluding tert-OH is 1. The molecular weight excluding hydrogens is 1100 g/mol. The summed E-state index contributed by atoms with van der Waals surface area (Å²) in [5.74, 6) is -6.32. The summed E-state index contributed by atoms with van der Waals surface area (Å²) in [6, 6.07) is 10.6. The zero-order chi connectivity index (χ0) is 53.6. The van der Waals surface area contributed by atoms with E-state index in [0.29, 0.717) is 28.6 Å². The number of halogens is 5. The molecule has 2 aliphatic rings. The number of alkyl halides is 1. The summed E-state index contributed by atoms with van der Waals surface area (Å²) in [4.78, 5) is 79.0. The molecule has 4 atom stereocenters. The molecular formula is C53H67F4IN8O7S. The van der Waals surface area contributed by atoms with E-state index in [0.717, 1.165) is 79.8 Å². The van der Waals surface area contributed by atoms with Crippen LogP contribution in [0.4, 0.5) is 28.9 Å². The van der Waals surface area contributed by atoms with Gasteiger partial charge in [0.15, 0.2) is 17.3 Å². The van der Waals surface area contributed by atoms with Crippen LogP contribution in [0.15, 0.2) is 60.1 Å². The largest absolute Gasteiger partial charge is 0.391 e. The van der Waals surface area contributed by atoms with Crippen LogP contribution in [0.2, 0.25) is 0 Å². The van der Waals surface area contributed by atoms with Crippen molar-refractivity contribution in [2.75, 3.05) is 38.1 Å². The maximum atomic E-state index is 14.7. The van der Waals surface area contributed by atoms with Crippen molar-refractivity contribution in [3.8, 4) is 10.4 Å². The number of nitrogens with zero attached hydrogens (tertiary/aromatic N) is 2. The Balaban J connectivity index is 0.880. The van der Waals surface area contributed by atoms with Gasteiger partial charge in [0.1, 0.15) is 17.9 Å². The van der Waals surface area contributed by atoms with Crippen LogP contribution >= 0.6 is 33.9 Å². The van der Waals surface area contributed by atoms with E-state index in [1.54, 1.807) is 32.3 Å². The summed E-state index contributed by atoms with van der Waals surface area (Å²) in [6.45, 7) is 9.03. The average Bonchev–Trinajstić information content (AvgIpc) is 3.76. The number of aromatic nitrogens is 1. The Labute approximate surface area is 447 Å². The highest BCUT2D eigenvalue weighted by atomic mass is 127. The summed E-state index contributed by atoms with van der Waals surface area (Å²) < 4.78 is 58.5. The number of aryl methyl sites for hydroxylation is 1. The Morgan fingerprint density at radius 2 is 1.57 bits per heavy atom. The molecule has 15 nitrogen and oxygen atoms in total. The van der Waals surface area contributed by atoms with Crippen molar-refractivity contribution >= 4 is 74.8 Å². The van der Waals surface area contributed by atoms with Gasteiger partial charge < -0.3 is 36.6 Å². The molecule has 1 aliphatic carbocycles. The molecule has 3 aromatic carbocycles. The van der Waals surface area contributed by atoms with E-state index < -0.39 is 82.1 Å². The smallest absolute Gasteiger partial charge is 0.277 e. The number of likely N-dealkylation sites (tertiary alicyclic amines) is 1. The Morgan fingerprint density at radius 1 is 0.892 bits per heavy atom. The third-order valence-electron chi connectivity index (χ3n) is 13.0. The van der Waals surface area contributed by atoms with Gasteiger partial charge in [0.05, 0.1) is 58.2 Å². The van der Waals surface area contributed by atoms with Crippen LogP contribution in [-0.2, 0) is 24.0 Å². The highest BCUT2D eigenvalue weighted by Gasteiger charge is 2.53. The Morgan fingerprint density at radius 3 is 2.22 bits per heavy atom. The summed E-state index contributed by atoms with van der Waals surface area (Å²) in [5, 5.41) is 25.1. The molecule has 21 heteroatoms. The minimum Gasteiger partial charge on any atom is -0.391 e. The second kappa shape index (κ2) is 27.0. The van der Waals surface area contributed by atoms with Gasteiger partial charge in [-0.1, -0.05) is 77.1 Å². The normalized spacial score (nSPS) is 16.8. The molecule has 1 unspecified atom stereocenters. The van der Waals surface area contributed by atoms with Gasteiger partial charge in [-0.15, -0.1) is 11.3 Å². The lowest BCUT2D eigenvalue weighted by Crippen LogP contribution is -2.59. The van der Waals surface area contributed by atoms with E-state index in [4.69, 9.17) is 4.84 Å². The minimum absolute atomic E-state index is 0.0501. The lowest BCUT2D eigenvalue weighted by molar-refractivity contribution is -0.145. The predicted octanol–water partition coefficient (Wildman–Crippen LogP) is 8.61. The molecule has 0 radical (unpaired) electrons. The molecule has 7 N–H and O–H groups in total. The van der Waals surface area contributed by atoms with Crippen LogP contribution in [0.25, 0.3) is 10.4 Å². The molecule has 0 bridgehead atoms. The van der Waals surface area contributed by atoms with Crippen molar-refractivity contribution in [3.63, 3.8) is 0 Å².